The van der Waals surface area contributed by atoms with E-state index in [0.29, 0.717) is 10.6 Å². The maximum absolute atomic E-state index is 12.2. The van der Waals surface area contributed by atoms with Gasteiger partial charge in [0.05, 0.1) is 19.1 Å². The number of hydrogen-bond acceptors (Lipinski definition) is 3. The molecule has 0 heterocycles. The molecule has 122 valence electrons. The van der Waals surface area contributed by atoms with E-state index in [4.69, 9.17) is 16.3 Å². The SMILES string of the molecule is COc1ccc(C(C)C(=O)NCC(O)c2ccccc2Cl)cc1. The first kappa shape index (κ1) is 17.3. The average molecular weight is 334 g/mol. The van der Waals surface area contributed by atoms with Crippen molar-refractivity contribution < 1.29 is 14.6 Å². The van der Waals surface area contributed by atoms with Gasteiger partial charge in [-0.2, -0.15) is 0 Å². The van der Waals surface area contributed by atoms with Gasteiger partial charge >= 0.3 is 0 Å². The fourth-order valence-corrected chi connectivity index (χ4v) is 2.51. The molecule has 0 saturated carbocycles. The highest BCUT2D eigenvalue weighted by molar-refractivity contribution is 6.31. The van der Waals surface area contributed by atoms with E-state index in [0.717, 1.165) is 11.3 Å². The summed E-state index contributed by atoms with van der Waals surface area (Å²) < 4.78 is 5.10. The van der Waals surface area contributed by atoms with Crippen LogP contribution in [0.1, 0.15) is 30.1 Å². The number of ether oxygens (including phenoxy) is 1. The Hall–Kier alpha value is -2.04. The van der Waals surface area contributed by atoms with Crippen molar-refractivity contribution in [2.75, 3.05) is 13.7 Å². The molecular weight excluding hydrogens is 314 g/mol. The zero-order chi connectivity index (χ0) is 16.8. The van der Waals surface area contributed by atoms with Crippen LogP contribution < -0.4 is 10.1 Å². The molecule has 2 aromatic rings. The molecule has 0 bridgehead atoms. The fraction of sp³-hybridized carbons (Fsp3) is 0.278. The Morgan fingerprint density at radius 2 is 1.87 bits per heavy atom. The summed E-state index contributed by atoms with van der Waals surface area (Å²) in [6.07, 6.45) is -0.837. The lowest BCUT2D eigenvalue weighted by Crippen LogP contribution is -2.31. The first-order valence-electron chi connectivity index (χ1n) is 7.37. The van der Waals surface area contributed by atoms with Crippen LogP contribution in [0.3, 0.4) is 0 Å². The topological polar surface area (TPSA) is 58.6 Å². The van der Waals surface area contributed by atoms with Crippen molar-refractivity contribution in [3.63, 3.8) is 0 Å². The Bertz CT molecular complexity index is 658. The van der Waals surface area contributed by atoms with Crippen LogP contribution in [0.2, 0.25) is 5.02 Å². The number of amides is 1. The van der Waals surface area contributed by atoms with Crippen molar-refractivity contribution in [3.8, 4) is 5.75 Å². The average Bonchev–Trinajstić information content (AvgIpc) is 2.59. The molecule has 5 heteroatoms. The molecule has 4 nitrogen and oxygen atoms in total. The summed E-state index contributed by atoms with van der Waals surface area (Å²) in [5.74, 6) is 0.274. The fourth-order valence-electron chi connectivity index (χ4n) is 2.25. The van der Waals surface area contributed by atoms with Crippen molar-refractivity contribution in [2.24, 2.45) is 0 Å². The van der Waals surface area contributed by atoms with Crippen molar-refractivity contribution in [1.29, 1.82) is 0 Å². The van der Waals surface area contributed by atoms with E-state index in [9.17, 15) is 9.90 Å². The molecule has 0 radical (unpaired) electrons. The van der Waals surface area contributed by atoms with Gasteiger partial charge in [0, 0.05) is 17.1 Å². The van der Waals surface area contributed by atoms with Gasteiger partial charge in [-0.1, -0.05) is 41.9 Å². The van der Waals surface area contributed by atoms with Crippen LogP contribution >= 0.6 is 11.6 Å². The molecule has 1 amide bonds. The van der Waals surface area contributed by atoms with Crippen molar-refractivity contribution in [3.05, 3.63) is 64.7 Å². The van der Waals surface area contributed by atoms with Crippen LogP contribution in [0.25, 0.3) is 0 Å². The summed E-state index contributed by atoms with van der Waals surface area (Å²) in [5.41, 5.74) is 1.49. The third-order valence-electron chi connectivity index (χ3n) is 3.74. The lowest BCUT2D eigenvalue weighted by molar-refractivity contribution is -0.122. The van der Waals surface area contributed by atoms with E-state index in [1.54, 1.807) is 31.4 Å². The Morgan fingerprint density at radius 3 is 2.48 bits per heavy atom. The molecule has 23 heavy (non-hydrogen) atoms. The Labute approximate surface area is 141 Å². The van der Waals surface area contributed by atoms with Crippen LogP contribution in [-0.4, -0.2) is 24.7 Å². The molecule has 0 aliphatic heterocycles. The number of rotatable bonds is 6. The quantitative estimate of drug-likeness (QED) is 0.852. The van der Waals surface area contributed by atoms with Gasteiger partial charge < -0.3 is 15.2 Å². The Kier molecular flexibility index (Phi) is 6.02. The van der Waals surface area contributed by atoms with E-state index < -0.39 is 6.10 Å². The van der Waals surface area contributed by atoms with Gasteiger partial charge in [0.2, 0.25) is 5.91 Å². The Morgan fingerprint density at radius 1 is 1.22 bits per heavy atom. The van der Waals surface area contributed by atoms with Crippen LogP contribution in [-0.2, 0) is 4.79 Å². The third kappa shape index (κ3) is 4.47. The van der Waals surface area contributed by atoms with Gasteiger partial charge in [-0.25, -0.2) is 0 Å². The van der Waals surface area contributed by atoms with Gasteiger partial charge in [0.25, 0.3) is 0 Å². The van der Waals surface area contributed by atoms with Crippen LogP contribution in [0, 0.1) is 0 Å². The minimum atomic E-state index is -0.837. The molecule has 0 fully saturated rings. The summed E-state index contributed by atoms with van der Waals surface area (Å²) in [5, 5.41) is 13.4. The normalized spacial score (nSPS) is 13.2. The highest BCUT2D eigenvalue weighted by Gasteiger charge is 2.17. The molecular formula is C18H20ClNO3. The number of halogens is 1. The molecule has 2 unspecified atom stereocenters. The number of carbonyl (C=O) groups excluding carboxylic acids is 1. The van der Waals surface area contributed by atoms with Crippen LogP contribution in [0.5, 0.6) is 5.75 Å². The van der Waals surface area contributed by atoms with Gasteiger partial charge in [-0.3, -0.25) is 4.79 Å². The van der Waals surface area contributed by atoms with E-state index in [1.165, 1.54) is 0 Å². The van der Waals surface area contributed by atoms with Crippen molar-refractivity contribution in [2.45, 2.75) is 18.9 Å². The second-order valence-corrected chi connectivity index (χ2v) is 5.68. The number of aliphatic hydroxyl groups is 1. The molecule has 0 aliphatic rings. The number of benzene rings is 2. The second-order valence-electron chi connectivity index (χ2n) is 5.28. The molecule has 2 rings (SSSR count). The lowest BCUT2D eigenvalue weighted by atomic mass is 10.00. The largest absolute Gasteiger partial charge is 0.497 e. The molecule has 0 spiro atoms. The number of aliphatic hydroxyl groups excluding tert-OH is 1. The predicted molar refractivity (Wildman–Crippen MR) is 90.8 cm³/mol. The van der Waals surface area contributed by atoms with E-state index in [1.807, 2.05) is 31.2 Å². The summed E-state index contributed by atoms with van der Waals surface area (Å²) >= 11 is 6.04. The highest BCUT2D eigenvalue weighted by Crippen LogP contribution is 2.23. The van der Waals surface area contributed by atoms with Crippen molar-refractivity contribution >= 4 is 17.5 Å². The van der Waals surface area contributed by atoms with E-state index in [-0.39, 0.29) is 18.4 Å². The van der Waals surface area contributed by atoms with Gasteiger partial charge in [-0.05, 0) is 30.7 Å². The predicted octanol–water partition coefficient (Wildman–Crippen LogP) is 3.30. The molecule has 0 saturated heterocycles. The van der Waals surface area contributed by atoms with E-state index >= 15 is 0 Å². The van der Waals surface area contributed by atoms with Crippen LogP contribution in [0.4, 0.5) is 0 Å². The smallest absolute Gasteiger partial charge is 0.227 e. The second kappa shape index (κ2) is 7.99. The maximum atomic E-state index is 12.2. The Balaban J connectivity index is 1.94. The first-order chi connectivity index (χ1) is 11.0. The number of hydrogen-bond donors (Lipinski definition) is 2. The van der Waals surface area contributed by atoms with Gasteiger partial charge in [0.1, 0.15) is 5.75 Å². The van der Waals surface area contributed by atoms with Crippen molar-refractivity contribution in [1.82, 2.24) is 5.32 Å². The van der Waals surface area contributed by atoms with Gasteiger partial charge in [0.15, 0.2) is 0 Å². The molecule has 0 aliphatic carbocycles. The number of carbonyl (C=O) groups is 1. The monoisotopic (exact) mass is 333 g/mol. The molecule has 0 aromatic heterocycles. The van der Waals surface area contributed by atoms with Crippen LogP contribution in [0.15, 0.2) is 48.5 Å². The number of methoxy groups -OCH3 is 1. The standard InChI is InChI=1S/C18H20ClNO3/c1-12(13-7-9-14(23-2)10-8-13)18(22)20-11-17(21)15-5-3-4-6-16(15)19/h3-10,12,17,21H,11H2,1-2H3,(H,20,22). The molecule has 2 aromatic carbocycles. The highest BCUT2D eigenvalue weighted by atomic mass is 35.5. The minimum absolute atomic E-state index is 0.114. The lowest BCUT2D eigenvalue weighted by Gasteiger charge is -2.16. The minimum Gasteiger partial charge on any atom is -0.497 e. The summed E-state index contributed by atoms with van der Waals surface area (Å²) in [4.78, 5) is 12.2. The first-order valence-corrected chi connectivity index (χ1v) is 7.75. The number of nitrogens with one attached hydrogen (secondary N) is 1. The van der Waals surface area contributed by atoms with Gasteiger partial charge in [-0.15, -0.1) is 0 Å². The maximum Gasteiger partial charge on any atom is 0.227 e. The van der Waals surface area contributed by atoms with E-state index in [2.05, 4.69) is 5.32 Å². The summed E-state index contributed by atoms with van der Waals surface area (Å²) in [7, 11) is 1.60. The summed E-state index contributed by atoms with van der Waals surface area (Å²) in [6, 6.07) is 14.4. The molecule has 2 N–H and O–H groups in total. The molecule has 2 atom stereocenters. The zero-order valence-electron chi connectivity index (χ0n) is 13.1. The summed E-state index contributed by atoms with van der Waals surface area (Å²) in [6.45, 7) is 1.93. The zero-order valence-corrected chi connectivity index (χ0v) is 13.9. The third-order valence-corrected chi connectivity index (χ3v) is 4.09.